The normalized spacial score (nSPS) is 28.8. The minimum atomic E-state index is -2.46. The van der Waals surface area contributed by atoms with E-state index in [4.69, 9.17) is 4.74 Å². The molecule has 1 saturated heterocycles. The van der Waals surface area contributed by atoms with Crippen LogP contribution in [-0.4, -0.2) is 55.1 Å². The fourth-order valence-electron chi connectivity index (χ4n) is 2.88. The average molecular weight is 348 g/mol. The fraction of sp³-hybridized carbons (Fsp3) is 0.312. The summed E-state index contributed by atoms with van der Waals surface area (Å²) in [7, 11) is 0. The van der Waals surface area contributed by atoms with Crippen LogP contribution in [0.1, 0.15) is 16.6 Å². The third kappa shape index (κ3) is 2.72. The maximum Gasteiger partial charge on any atom is 0.330 e. The van der Waals surface area contributed by atoms with Gasteiger partial charge in [0.05, 0.1) is 6.61 Å². The molecule has 0 unspecified atom stereocenters. The Kier molecular flexibility index (Phi) is 4.39. The van der Waals surface area contributed by atoms with Gasteiger partial charge in [-0.25, -0.2) is 4.79 Å². The summed E-state index contributed by atoms with van der Waals surface area (Å²) in [5, 5.41) is 30.9. The van der Waals surface area contributed by atoms with Gasteiger partial charge < -0.3 is 20.1 Å². The Morgan fingerprint density at radius 3 is 2.52 bits per heavy atom. The van der Waals surface area contributed by atoms with Crippen molar-refractivity contribution in [3.8, 4) is 0 Å². The van der Waals surface area contributed by atoms with Crippen LogP contribution in [0.15, 0.2) is 52.2 Å². The number of H-pyrrole nitrogens is 1. The van der Waals surface area contributed by atoms with Crippen LogP contribution < -0.4 is 11.2 Å². The van der Waals surface area contributed by atoms with Crippen LogP contribution in [0.4, 0.5) is 0 Å². The van der Waals surface area contributed by atoms with Crippen LogP contribution >= 0.6 is 0 Å². The second-order valence-corrected chi connectivity index (χ2v) is 5.68. The van der Waals surface area contributed by atoms with E-state index >= 15 is 0 Å². The zero-order valence-electron chi connectivity index (χ0n) is 12.9. The van der Waals surface area contributed by atoms with E-state index in [1.165, 1.54) is 12.1 Å². The maximum atomic E-state index is 12.7. The molecule has 1 aliphatic rings. The lowest BCUT2D eigenvalue weighted by atomic mass is 9.84. The first-order valence-corrected chi connectivity index (χ1v) is 7.47. The second kappa shape index (κ2) is 6.37. The third-order valence-electron chi connectivity index (χ3n) is 4.21. The Labute approximate surface area is 140 Å². The van der Waals surface area contributed by atoms with E-state index in [1.54, 1.807) is 18.2 Å². The Morgan fingerprint density at radius 2 is 1.92 bits per heavy atom. The summed E-state index contributed by atoms with van der Waals surface area (Å²) in [6.07, 6.45) is -3.69. The number of benzene rings is 1. The lowest BCUT2D eigenvalue weighted by Crippen LogP contribution is -2.55. The molecular formula is C16H16N2O7. The van der Waals surface area contributed by atoms with E-state index in [9.17, 15) is 29.7 Å². The number of nitrogens with zero attached hydrogens (tertiary/aromatic N) is 1. The predicted molar refractivity (Wildman–Crippen MR) is 84.0 cm³/mol. The molecule has 1 aromatic carbocycles. The first-order chi connectivity index (χ1) is 11.9. The van der Waals surface area contributed by atoms with Gasteiger partial charge in [-0.3, -0.25) is 19.1 Å². The summed E-state index contributed by atoms with van der Waals surface area (Å²) >= 11 is 0. The standard InChI is InChI=1S/C16H16N2O7/c19-8-10-16(24,12(21)9-4-2-1-3-5-9)13(22)14(25-10)18-7-6-11(20)17-15(18)23/h1-7,10,13-14,19,22,24H,8H2,(H,17,20,23)/t10-,13+,14-,16+/m1/s1. The van der Waals surface area contributed by atoms with Crippen LogP contribution in [0.5, 0.6) is 0 Å². The molecule has 0 aliphatic carbocycles. The number of Topliss-reactive ketones (excluding diaryl/α,β-unsaturated/α-hetero) is 1. The number of aromatic nitrogens is 2. The highest BCUT2D eigenvalue weighted by Gasteiger charge is 2.60. The smallest absolute Gasteiger partial charge is 0.330 e. The van der Waals surface area contributed by atoms with Crippen molar-refractivity contribution in [3.05, 3.63) is 69.0 Å². The monoisotopic (exact) mass is 348 g/mol. The van der Waals surface area contributed by atoms with Gasteiger partial charge in [0.2, 0.25) is 0 Å². The maximum absolute atomic E-state index is 12.7. The Balaban J connectivity index is 2.04. The van der Waals surface area contributed by atoms with Gasteiger partial charge in [-0.2, -0.15) is 0 Å². The van der Waals surface area contributed by atoms with Crippen LogP contribution in [0, 0.1) is 0 Å². The molecule has 0 bridgehead atoms. The molecule has 0 radical (unpaired) electrons. The van der Waals surface area contributed by atoms with Crippen molar-refractivity contribution in [2.75, 3.05) is 6.61 Å². The van der Waals surface area contributed by atoms with E-state index in [0.717, 1.165) is 16.8 Å². The highest BCUT2D eigenvalue weighted by atomic mass is 16.6. The number of nitrogens with one attached hydrogen (secondary N) is 1. The molecule has 9 heteroatoms. The Morgan fingerprint density at radius 1 is 1.24 bits per heavy atom. The molecule has 9 nitrogen and oxygen atoms in total. The molecule has 4 N–H and O–H groups in total. The summed E-state index contributed by atoms with van der Waals surface area (Å²) in [4.78, 5) is 37.8. The number of hydrogen-bond donors (Lipinski definition) is 4. The van der Waals surface area contributed by atoms with Gasteiger partial charge in [0.25, 0.3) is 5.56 Å². The summed E-state index contributed by atoms with van der Waals surface area (Å²) in [6.45, 7) is -0.763. The van der Waals surface area contributed by atoms with Gasteiger partial charge in [-0.05, 0) is 0 Å². The number of aliphatic hydroxyl groups excluding tert-OH is 2. The van der Waals surface area contributed by atoms with Gasteiger partial charge in [-0.1, -0.05) is 30.3 Å². The largest absolute Gasteiger partial charge is 0.394 e. The van der Waals surface area contributed by atoms with Crippen molar-refractivity contribution < 1.29 is 24.9 Å². The predicted octanol–water partition coefficient (Wildman–Crippen LogP) is -1.60. The topological polar surface area (TPSA) is 142 Å². The van der Waals surface area contributed by atoms with Crippen molar-refractivity contribution in [2.24, 2.45) is 0 Å². The fourth-order valence-corrected chi connectivity index (χ4v) is 2.88. The SMILES string of the molecule is O=C(c1ccccc1)[C@@]1(O)[C@@H](CO)O[C@@H](n2ccc(=O)[nH]c2=O)[C@@H]1O. The van der Waals surface area contributed by atoms with Gasteiger partial charge in [0.15, 0.2) is 17.6 Å². The number of carbonyl (C=O) groups is 1. The summed E-state index contributed by atoms with van der Waals surface area (Å²) in [6, 6.07) is 8.76. The minimum absolute atomic E-state index is 0.112. The van der Waals surface area contributed by atoms with Gasteiger partial charge >= 0.3 is 5.69 Å². The molecule has 0 saturated carbocycles. The molecule has 132 valence electrons. The van der Waals surface area contributed by atoms with Gasteiger partial charge in [0.1, 0.15) is 12.2 Å². The Hall–Kier alpha value is -2.59. The molecule has 2 heterocycles. The summed E-state index contributed by atoms with van der Waals surface area (Å²) in [5.41, 5.74) is -3.88. The van der Waals surface area contributed by atoms with Crippen LogP contribution in [0.25, 0.3) is 0 Å². The van der Waals surface area contributed by atoms with Crippen LogP contribution in [0.2, 0.25) is 0 Å². The molecule has 1 aromatic heterocycles. The minimum Gasteiger partial charge on any atom is -0.394 e. The van der Waals surface area contributed by atoms with Crippen LogP contribution in [-0.2, 0) is 4.74 Å². The van der Waals surface area contributed by atoms with Crippen molar-refractivity contribution in [1.29, 1.82) is 0 Å². The molecule has 4 atom stereocenters. The van der Waals surface area contributed by atoms with E-state index in [2.05, 4.69) is 0 Å². The lowest BCUT2D eigenvalue weighted by molar-refractivity contribution is -0.0704. The molecule has 0 amide bonds. The Bertz CT molecular complexity index is 891. The summed E-state index contributed by atoms with van der Waals surface area (Å²) in [5.74, 6) is -0.848. The van der Waals surface area contributed by atoms with Crippen molar-refractivity contribution in [3.63, 3.8) is 0 Å². The average Bonchev–Trinajstić information content (AvgIpc) is 2.87. The number of carbonyl (C=O) groups excluding carboxylic acids is 1. The third-order valence-corrected chi connectivity index (χ3v) is 4.21. The number of aliphatic hydroxyl groups is 3. The second-order valence-electron chi connectivity index (χ2n) is 5.68. The van der Waals surface area contributed by atoms with E-state index in [0.29, 0.717) is 0 Å². The first-order valence-electron chi connectivity index (χ1n) is 7.47. The molecule has 1 aliphatic heterocycles. The number of ether oxygens (including phenoxy) is 1. The highest BCUT2D eigenvalue weighted by molar-refractivity contribution is 6.03. The number of rotatable bonds is 4. The summed E-state index contributed by atoms with van der Waals surface area (Å²) < 4.78 is 6.20. The van der Waals surface area contributed by atoms with Crippen molar-refractivity contribution in [2.45, 2.75) is 24.0 Å². The van der Waals surface area contributed by atoms with E-state index in [1.807, 2.05) is 4.98 Å². The molecule has 1 fully saturated rings. The number of hydrogen-bond acceptors (Lipinski definition) is 7. The van der Waals surface area contributed by atoms with Gasteiger partial charge in [-0.15, -0.1) is 0 Å². The number of ketones is 1. The van der Waals surface area contributed by atoms with E-state index in [-0.39, 0.29) is 5.56 Å². The molecule has 3 rings (SSSR count). The molecule has 2 aromatic rings. The molecule has 25 heavy (non-hydrogen) atoms. The lowest BCUT2D eigenvalue weighted by Gasteiger charge is -2.28. The van der Waals surface area contributed by atoms with Crippen molar-refractivity contribution >= 4 is 5.78 Å². The zero-order chi connectivity index (χ0) is 18.2. The van der Waals surface area contributed by atoms with Crippen LogP contribution in [0.3, 0.4) is 0 Å². The highest BCUT2D eigenvalue weighted by Crippen LogP contribution is 2.38. The molecule has 0 spiro atoms. The first kappa shape index (κ1) is 17.2. The van der Waals surface area contributed by atoms with E-state index < -0.39 is 47.7 Å². The number of aromatic amines is 1. The molecular weight excluding hydrogens is 332 g/mol. The zero-order valence-corrected chi connectivity index (χ0v) is 12.9. The van der Waals surface area contributed by atoms with Crippen molar-refractivity contribution in [1.82, 2.24) is 9.55 Å². The van der Waals surface area contributed by atoms with Gasteiger partial charge in [0, 0.05) is 17.8 Å². The quantitative estimate of drug-likeness (QED) is 0.488.